The standard InChI is InChI=1S/C69H125N11O29/c1-43(84)49(36-82)65(99)108-59(34-77-44(2)85)103-27-9-6-15-52(89)71-21-12-24-74-55(92)18-30-100-40-69(80-58(95)39-107-70,41-101-31-19-56(93)75-25-13-22-72-53(90)16-7-10-28-104-66-60(78-45(3)86)63(98)61(96)47(35-81)38-106-66)42-102-32-20-57(94)76-26-14-23-73-54(91)17-8-11-29-105-67-68(5,79-46(4)87)64(109-67)48-33-51(88)62(97)50(48)37-83/h43,47-51,59-67,81-84,88,96-99H,6-42,70H2,1-5H3,(H,71,89)(H,72,90)(H,73,91)(H,74,92)(H,75,93)(H,76,94)(H,77,85)(H,78,86)(H,79,87)(H,80,95)/t43?,47?,48?,49?,50?,51?,59-,60?,61+,62+,63?,64?,65?,66-,67-,68?,69?/m1/s1. The third-order valence-electron chi connectivity index (χ3n) is 18.3. The maximum absolute atomic E-state index is 13.1. The highest BCUT2D eigenvalue weighted by Gasteiger charge is 2.62. The van der Waals surface area contributed by atoms with Gasteiger partial charge in [0.15, 0.2) is 25.2 Å². The van der Waals surface area contributed by atoms with Gasteiger partial charge in [0.2, 0.25) is 59.1 Å². The van der Waals surface area contributed by atoms with Crippen LogP contribution in [-0.4, -0.2) is 322 Å². The molecule has 2 heterocycles. The van der Waals surface area contributed by atoms with Gasteiger partial charge < -0.3 is 142 Å². The molecular weight excluding hydrogens is 1450 g/mol. The minimum absolute atomic E-state index is 0.0965. The van der Waals surface area contributed by atoms with Crippen LogP contribution in [0.5, 0.6) is 0 Å². The zero-order valence-corrected chi connectivity index (χ0v) is 63.6. The van der Waals surface area contributed by atoms with E-state index in [1.165, 1.54) is 27.7 Å². The lowest BCUT2D eigenvalue weighted by molar-refractivity contribution is -0.331. The Morgan fingerprint density at radius 3 is 1.47 bits per heavy atom. The number of aliphatic hydroxyl groups is 9. The second-order valence-corrected chi connectivity index (χ2v) is 27.7. The zero-order chi connectivity index (χ0) is 80.7. The molecule has 0 aromatic rings. The average molecular weight is 1570 g/mol. The number of unbranched alkanes of at least 4 members (excludes halogenated alkanes) is 3. The van der Waals surface area contributed by atoms with Crippen LogP contribution in [0, 0.1) is 23.7 Å². The van der Waals surface area contributed by atoms with Gasteiger partial charge in [0.25, 0.3) is 0 Å². The number of carbonyl (C=O) groups is 10. The van der Waals surface area contributed by atoms with Crippen molar-refractivity contribution in [1.82, 2.24) is 53.2 Å². The largest absolute Gasteiger partial charge is 0.396 e. The van der Waals surface area contributed by atoms with E-state index in [-0.39, 0.29) is 199 Å². The molecule has 3 fully saturated rings. The van der Waals surface area contributed by atoms with Gasteiger partial charge >= 0.3 is 0 Å². The molecule has 3 aliphatic rings. The van der Waals surface area contributed by atoms with Crippen LogP contribution in [0.2, 0.25) is 0 Å². The van der Waals surface area contributed by atoms with Gasteiger partial charge in [-0.05, 0) is 84.0 Å². The molecule has 2 saturated heterocycles. The maximum atomic E-state index is 13.1. The van der Waals surface area contributed by atoms with Gasteiger partial charge in [0.05, 0.1) is 102 Å². The summed E-state index contributed by atoms with van der Waals surface area (Å²) in [7, 11) is 0. The van der Waals surface area contributed by atoms with Crippen molar-refractivity contribution in [3.05, 3.63) is 0 Å². The second-order valence-electron chi connectivity index (χ2n) is 27.7. The predicted octanol–water partition coefficient (Wildman–Crippen LogP) is -6.67. The van der Waals surface area contributed by atoms with Crippen molar-refractivity contribution in [2.24, 2.45) is 29.6 Å². The molecule has 0 aromatic heterocycles. The van der Waals surface area contributed by atoms with Gasteiger partial charge in [-0.1, -0.05) is 0 Å². The third kappa shape index (κ3) is 38.3. The number of nitrogens with one attached hydrogen (secondary N) is 10. The first-order valence-electron chi connectivity index (χ1n) is 37.5. The molecule has 109 heavy (non-hydrogen) atoms. The Kier molecular flexibility index (Phi) is 48.6. The third-order valence-corrected chi connectivity index (χ3v) is 18.3. The van der Waals surface area contributed by atoms with E-state index in [9.17, 15) is 93.9 Å². The van der Waals surface area contributed by atoms with Crippen LogP contribution in [0.15, 0.2) is 0 Å². The molecule has 3 rings (SSSR count). The molecule has 10 amide bonds. The molecule has 0 bridgehead atoms. The summed E-state index contributed by atoms with van der Waals surface area (Å²) in [6.07, 6.45) is -7.32. The van der Waals surface area contributed by atoms with Gasteiger partial charge in [-0.15, -0.1) is 0 Å². The Morgan fingerprint density at radius 2 is 1.04 bits per heavy atom. The lowest BCUT2D eigenvalue weighted by Gasteiger charge is -2.55. The van der Waals surface area contributed by atoms with E-state index >= 15 is 0 Å². The highest BCUT2D eigenvalue weighted by Crippen LogP contribution is 2.47. The normalized spacial score (nSPS) is 24.1. The van der Waals surface area contributed by atoms with E-state index in [4.69, 9.17) is 48.5 Å². The van der Waals surface area contributed by atoms with Crippen LogP contribution < -0.4 is 59.1 Å². The highest BCUT2D eigenvalue weighted by atomic mass is 16.7. The summed E-state index contributed by atoms with van der Waals surface area (Å²) in [6, 6.07) is -1.10. The molecule has 1 saturated carbocycles. The van der Waals surface area contributed by atoms with Crippen molar-refractivity contribution in [3.63, 3.8) is 0 Å². The lowest BCUT2D eigenvalue weighted by atomic mass is 9.75. The monoisotopic (exact) mass is 1570 g/mol. The Balaban J connectivity index is 1.45. The minimum atomic E-state index is -1.58. The molecule has 0 aromatic carbocycles. The number of ether oxygens (including phenoxy) is 9. The second kappa shape index (κ2) is 54.6. The van der Waals surface area contributed by atoms with Crippen molar-refractivity contribution in [1.29, 1.82) is 0 Å². The molecular formula is C69H125N11O29. The van der Waals surface area contributed by atoms with Crippen LogP contribution in [0.4, 0.5) is 0 Å². The summed E-state index contributed by atoms with van der Waals surface area (Å²) in [6.45, 7) is 5.15. The van der Waals surface area contributed by atoms with Gasteiger partial charge in [0, 0.05) is 137 Å². The molecule has 2 aliphatic heterocycles. The molecule has 17 atom stereocenters. The number of aliphatic hydroxyl groups excluding tert-OH is 9. The molecule has 40 nitrogen and oxygen atoms in total. The predicted molar refractivity (Wildman–Crippen MR) is 382 cm³/mol. The molecule has 0 spiro atoms. The molecule has 0 radical (unpaired) electrons. The first kappa shape index (κ1) is 97.1. The van der Waals surface area contributed by atoms with E-state index in [2.05, 4.69) is 58.0 Å². The number of carbonyl (C=O) groups excluding carboxylic acids is 10. The molecule has 630 valence electrons. The summed E-state index contributed by atoms with van der Waals surface area (Å²) in [5.41, 5.74) is -2.49. The van der Waals surface area contributed by atoms with E-state index in [1.54, 1.807) is 6.92 Å². The Bertz CT molecular complexity index is 2690. The highest BCUT2D eigenvalue weighted by molar-refractivity contribution is 5.79. The van der Waals surface area contributed by atoms with Crippen molar-refractivity contribution in [2.75, 3.05) is 138 Å². The first-order valence-corrected chi connectivity index (χ1v) is 37.5. The number of amides is 10. The number of rotatable bonds is 60. The maximum Gasteiger partial charge on any atom is 0.248 e. The fourth-order valence-electron chi connectivity index (χ4n) is 12.2. The SMILES string of the molecule is CC(=O)NC[C@H](OCCCCC(=O)NCCCNC(=O)CCOCC(COCCC(=O)NCCCNC(=O)CCCCO[C@@H]1OCC(CO)[C@H](O)C(O)C1NC(C)=O)(COCCC(=O)NCCCNC(=O)CCCCO[C@@H]1OC(C2CC(O)[C@@H](O)C2CO)C1(C)NC(C)=O)NC(=O)CON)OC(O)C(CO)C(C)O. The van der Waals surface area contributed by atoms with Gasteiger partial charge in [-0.25, -0.2) is 5.90 Å². The van der Waals surface area contributed by atoms with Crippen LogP contribution in [0.25, 0.3) is 0 Å². The summed E-state index contributed by atoms with van der Waals surface area (Å²) < 4.78 is 52.2. The van der Waals surface area contributed by atoms with Gasteiger partial charge in [-0.2, -0.15) is 0 Å². The minimum Gasteiger partial charge on any atom is -0.396 e. The van der Waals surface area contributed by atoms with Crippen LogP contribution in [-0.2, 0) is 95.4 Å². The van der Waals surface area contributed by atoms with E-state index in [0.717, 1.165) is 0 Å². The van der Waals surface area contributed by atoms with Crippen molar-refractivity contribution in [3.8, 4) is 0 Å². The topological polar surface area (TPSA) is 591 Å². The molecule has 40 heteroatoms. The van der Waals surface area contributed by atoms with Gasteiger partial charge in [-0.3, -0.25) is 52.8 Å². The number of hydrogen-bond donors (Lipinski definition) is 20. The quantitative estimate of drug-likeness (QED) is 0.0153. The van der Waals surface area contributed by atoms with Crippen LogP contribution in [0.3, 0.4) is 0 Å². The fourth-order valence-corrected chi connectivity index (χ4v) is 12.2. The van der Waals surface area contributed by atoms with Crippen molar-refractivity contribution >= 4 is 59.1 Å². The summed E-state index contributed by atoms with van der Waals surface area (Å²) in [5, 5.41) is 118. The fraction of sp³-hybridized carbons (Fsp3) is 0.855. The average Bonchev–Trinajstić information content (AvgIpc) is 1.71. The van der Waals surface area contributed by atoms with Crippen molar-refractivity contribution < 1.29 is 141 Å². The van der Waals surface area contributed by atoms with Crippen molar-refractivity contribution in [2.45, 2.75) is 216 Å². The Morgan fingerprint density at radius 1 is 0.560 bits per heavy atom. The Hall–Kier alpha value is -6.10. The zero-order valence-electron chi connectivity index (χ0n) is 63.6. The summed E-state index contributed by atoms with van der Waals surface area (Å²) in [4.78, 5) is 130. The number of hydrogen-bond acceptors (Lipinski definition) is 30. The van der Waals surface area contributed by atoms with E-state index < -0.39 is 146 Å². The van der Waals surface area contributed by atoms with Crippen LogP contribution in [0.1, 0.15) is 137 Å². The Labute approximate surface area is 635 Å². The molecule has 21 N–H and O–H groups in total. The van der Waals surface area contributed by atoms with Gasteiger partial charge in [0.1, 0.15) is 29.8 Å². The van der Waals surface area contributed by atoms with E-state index in [0.29, 0.717) is 57.8 Å². The molecule has 1 aliphatic carbocycles. The first-order chi connectivity index (χ1) is 52.0. The summed E-state index contributed by atoms with van der Waals surface area (Å²) in [5.74, 6) is -1.45. The molecule has 12 unspecified atom stereocenters. The van der Waals surface area contributed by atoms with E-state index in [1.807, 2.05) is 0 Å². The smallest absolute Gasteiger partial charge is 0.248 e. The lowest BCUT2D eigenvalue weighted by Crippen LogP contribution is -2.75. The number of nitrogens with two attached hydrogens (primary N) is 1. The van der Waals surface area contributed by atoms with Crippen LogP contribution >= 0.6 is 0 Å². The summed E-state index contributed by atoms with van der Waals surface area (Å²) >= 11 is 0.